The first-order valence-corrected chi connectivity index (χ1v) is 6.37. The average Bonchev–Trinajstić information content (AvgIpc) is 2.49. The molecule has 0 unspecified atom stereocenters. The van der Waals surface area contributed by atoms with Crippen molar-refractivity contribution in [2.45, 2.75) is 13.3 Å². The maximum atomic E-state index is 12.1. The van der Waals surface area contributed by atoms with E-state index in [1.54, 1.807) is 12.1 Å². The lowest BCUT2D eigenvalue weighted by atomic mass is 10.1. The molecule has 5 nitrogen and oxygen atoms in total. The molecule has 1 aromatic rings. The Hall–Kier alpha value is -2.17. The highest BCUT2D eigenvalue weighted by Gasteiger charge is 2.20. The van der Waals surface area contributed by atoms with E-state index in [2.05, 4.69) is 5.32 Å². The van der Waals surface area contributed by atoms with Gasteiger partial charge in [-0.3, -0.25) is 4.79 Å². The van der Waals surface area contributed by atoms with Gasteiger partial charge in [0.2, 0.25) is 5.75 Å². The summed E-state index contributed by atoms with van der Waals surface area (Å²) in [5.74, 6) is 1.11. The molecule has 0 aromatic heterocycles. The predicted molar refractivity (Wildman–Crippen MR) is 77.9 cm³/mol. The van der Waals surface area contributed by atoms with Crippen LogP contribution in [-0.4, -0.2) is 33.8 Å². The van der Waals surface area contributed by atoms with Crippen molar-refractivity contribution in [3.63, 3.8) is 0 Å². The summed E-state index contributed by atoms with van der Waals surface area (Å²) >= 11 is 0. The average molecular weight is 279 g/mol. The lowest BCUT2D eigenvalue weighted by Gasteiger charge is -2.15. The minimum absolute atomic E-state index is 0.202. The van der Waals surface area contributed by atoms with Crippen molar-refractivity contribution in [2.24, 2.45) is 0 Å². The lowest BCUT2D eigenvalue weighted by molar-refractivity contribution is 0.0950. The second-order valence-electron chi connectivity index (χ2n) is 4.00. The minimum atomic E-state index is -0.202. The molecule has 110 valence electrons. The van der Waals surface area contributed by atoms with Crippen LogP contribution in [0.4, 0.5) is 0 Å². The number of hydrogen-bond donors (Lipinski definition) is 1. The maximum Gasteiger partial charge on any atom is 0.255 e. The number of hydrogen-bond acceptors (Lipinski definition) is 4. The molecule has 0 saturated heterocycles. The second-order valence-corrected chi connectivity index (χ2v) is 4.00. The van der Waals surface area contributed by atoms with Crippen molar-refractivity contribution >= 4 is 5.91 Å². The molecule has 0 saturated carbocycles. The van der Waals surface area contributed by atoms with Gasteiger partial charge in [-0.05, 0) is 25.5 Å². The van der Waals surface area contributed by atoms with Gasteiger partial charge in [0, 0.05) is 6.54 Å². The van der Waals surface area contributed by atoms with Crippen molar-refractivity contribution in [3.8, 4) is 17.2 Å². The molecule has 0 spiro atoms. The molecule has 5 heteroatoms. The first-order valence-electron chi connectivity index (χ1n) is 6.37. The Morgan fingerprint density at radius 1 is 1.15 bits per heavy atom. The number of ether oxygens (including phenoxy) is 3. The molecule has 0 aliphatic rings. The summed E-state index contributed by atoms with van der Waals surface area (Å²) in [7, 11) is 4.54. The van der Waals surface area contributed by atoms with E-state index in [-0.39, 0.29) is 5.91 Å². The van der Waals surface area contributed by atoms with Gasteiger partial charge in [0.05, 0.1) is 26.9 Å². The van der Waals surface area contributed by atoms with E-state index in [1.807, 2.05) is 19.1 Å². The van der Waals surface area contributed by atoms with E-state index in [1.165, 1.54) is 21.3 Å². The zero-order chi connectivity index (χ0) is 15.0. The summed E-state index contributed by atoms with van der Waals surface area (Å²) in [6.07, 6.45) is 4.73. The number of allylic oxidation sites excluding steroid dienone is 1. The number of rotatable bonds is 7. The van der Waals surface area contributed by atoms with E-state index in [0.29, 0.717) is 29.4 Å². The van der Waals surface area contributed by atoms with Crippen LogP contribution in [0.15, 0.2) is 24.3 Å². The van der Waals surface area contributed by atoms with Crippen molar-refractivity contribution in [2.75, 3.05) is 27.9 Å². The van der Waals surface area contributed by atoms with E-state index in [4.69, 9.17) is 14.2 Å². The fraction of sp³-hybridized carbons (Fsp3) is 0.400. The van der Waals surface area contributed by atoms with Gasteiger partial charge < -0.3 is 19.5 Å². The van der Waals surface area contributed by atoms with E-state index in [9.17, 15) is 4.79 Å². The quantitative estimate of drug-likeness (QED) is 0.615. The fourth-order valence-electron chi connectivity index (χ4n) is 1.81. The molecule has 1 amide bonds. The van der Waals surface area contributed by atoms with Crippen molar-refractivity contribution < 1.29 is 19.0 Å². The maximum absolute atomic E-state index is 12.1. The summed E-state index contributed by atoms with van der Waals surface area (Å²) in [5.41, 5.74) is 0.422. The van der Waals surface area contributed by atoms with Crippen molar-refractivity contribution in [1.29, 1.82) is 0 Å². The summed E-state index contributed by atoms with van der Waals surface area (Å²) < 4.78 is 15.7. The highest BCUT2D eigenvalue weighted by molar-refractivity contribution is 5.98. The van der Waals surface area contributed by atoms with E-state index in [0.717, 1.165) is 6.42 Å². The summed E-state index contributed by atoms with van der Waals surface area (Å²) in [6.45, 7) is 2.51. The molecule has 0 fully saturated rings. The molecule has 1 N–H and O–H groups in total. The molecule has 0 heterocycles. The molecule has 1 rings (SSSR count). The Kier molecular flexibility index (Phi) is 6.43. The normalized spacial score (nSPS) is 10.4. The first-order chi connectivity index (χ1) is 9.69. The molecular weight excluding hydrogens is 258 g/mol. The molecule has 0 atom stereocenters. The van der Waals surface area contributed by atoms with Crippen molar-refractivity contribution in [1.82, 2.24) is 5.32 Å². The van der Waals surface area contributed by atoms with Crippen LogP contribution in [0.25, 0.3) is 0 Å². The molecular formula is C15H21NO4. The highest BCUT2D eigenvalue weighted by Crippen LogP contribution is 2.39. The van der Waals surface area contributed by atoms with Gasteiger partial charge in [-0.25, -0.2) is 0 Å². The number of amides is 1. The Morgan fingerprint density at radius 2 is 1.85 bits per heavy atom. The summed E-state index contributed by atoms with van der Waals surface area (Å²) in [5, 5.41) is 2.83. The minimum Gasteiger partial charge on any atom is -0.493 e. The summed E-state index contributed by atoms with van der Waals surface area (Å²) in [6, 6.07) is 3.34. The molecule has 0 bridgehead atoms. The number of nitrogens with one attached hydrogen (secondary N) is 1. The van der Waals surface area contributed by atoms with Crippen LogP contribution in [-0.2, 0) is 0 Å². The highest BCUT2D eigenvalue weighted by atomic mass is 16.5. The fourth-order valence-corrected chi connectivity index (χ4v) is 1.81. The van der Waals surface area contributed by atoms with E-state index < -0.39 is 0 Å². The van der Waals surface area contributed by atoms with Crippen LogP contribution in [0.2, 0.25) is 0 Å². The van der Waals surface area contributed by atoms with Gasteiger partial charge in [0.15, 0.2) is 11.5 Å². The van der Waals surface area contributed by atoms with Crippen LogP contribution in [0, 0.1) is 0 Å². The van der Waals surface area contributed by atoms with Gasteiger partial charge in [0.25, 0.3) is 5.91 Å². The zero-order valence-electron chi connectivity index (χ0n) is 12.4. The topological polar surface area (TPSA) is 56.8 Å². The predicted octanol–water partition coefficient (Wildman–Crippen LogP) is 2.41. The Bertz CT molecular complexity index is 483. The third kappa shape index (κ3) is 3.66. The number of benzene rings is 1. The van der Waals surface area contributed by atoms with Crippen LogP contribution in [0.5, 0.6) is 17.2 Å². The van der Waals surface area contributed by atoms with Crippen LogP contribution < -0.4 is 19.5 Å². The smallest absolute Gasteiger partial charge is 0.255 e. The number of methoxy groups -OCH3 is 3. The molecule has 0 radical (unpaired) electrons. The van der Waals surface area contributed by atoms with Crippen molar-refractivity contribution in [3.05, 3.63) is 29.8 Å². The SMILES string of the molecule is C/C=C/CCNC(=O)c1ccc(OC)c(OC)c1OC. The van der Waals surface area contributed by atoms with Crippen LogP contribution in [0.3, 0.4) is 0 Å². The van der Waals surface area contributed by atoms with Crippen LogP contribution in [0.1, 0.15) is 23.7 Å². The lowest BCUT2D eigenvalue weighted by Crippen LogP contribution is -2.24. The molecule has 0 aliphatic carbocycles. The zero-order valence-corrected chi connectivity index (χ0v) is 12.4. The first kappa shape index (κ1) is 15.9. The number of carbonyl (C=O) groups excluding carboxylic acids is 1. The van der Waals surface area contributed by atoms with Gasteiger partial charge in [-0.15, -0.1) is 0 Å². The molecule has 0 aliphatic heterocycles. The van der Waals surface area contributed by atoms with Gasteiger partial charge in [-0.2, -0.15) is 0 Å². The molecule has 20 heavy (non-hydrogen) atoms. The third-order valence-corrected chi connectivity index (χ3v) is 2.78. The van der Waals surface area contributed by atoms with Gasteiger partial charge >= 0.3 is 0 Å². The van der Waals surface area contributed by atoms with E-state index >= 15 is 0 Å². The molecule has 1 aromatic carbocycles. The Morgan fingerprint density at radius 3 is 2.40 bits per heavy atom. The van der Waals surface area contributed by atoms with Gasteiger partial charge in [0.1, 0.15) is 0 Å². The second kappa shape index (κ2) is 8.09. The monoisotopic (exact) mass is 279 g/mol. The van der Waals surface area contributed by atoms with Crippen LogP contribution >= 0.6 is 0 Å². The number of carbonyl (C=O) groups is 1. The van der Waals surface area contributed by atoms with Gasteiger partial charge in [-0.1, -0.05) is 12.2 Å². The Labute approximate surface area is 119 Å². The Balaban J connectivity index is 2.96. The largest absolute Gasteiger partial charge is 0.493 e. The summed E-state index contributed by atoms with van der Waals surface area (Å²) in [4.78, 5) is 12.1. The third-order valence-electron chi connectivity index (χ3n) is 2.78. The standard InChI is InChI=1S/C15H21NO4/c1-5-6-7-10-16-15(17)11-8-9-12(18-2)14(20-4)13(11)19-3/h5-6,8-9H,7,10H2,1-4H3,(H,16,17)/b6-5+.